The van der Waals surface area contributed by atoms with Crippen molar-refractivity contribution in [1.82, 2.24) is 4.98 Å². The van der Waals surface area contributed by atoms with Gasteiger partial charge in [0.1, 0.15) is 5.82 Å². The van der Waals surface area contributed by atoms with E-state index in [4.69, 9.17) is 0 Å². The third-order valence-electron chi connectivity index (χ3n) is 3.01. The molecule has 1 unspecified atom stereocenters. The quantitative estimate of drug-likeness (QED) is 0.781. The molecule has 3 rings (SSSR count). The van der Waals surface area contributed by atoms with Gasteiger partial charge in [0.15, 0.2) is 0 Å². The molecule has 1 atom stereocenters. The lowest BCUT2D eigenvalue weighted by Gasteiger charge is -2.16. The molecule has 3 nitrogen and oxygen atoms in total. The zero-order valence-corrected chi connectivity index (χ0v) is 10.1. The Kier molecular flexibility index (Phi) is 2.52. The van der Waals surface area contributed by atoms with Gasteiger partial charge in [-0.05, 0) is 11.5 Å². The maximum Gasteiger partial charge on any atom is 0.229 e. The zero-order chi connectivity index (χ0) is 11.8. The van der Waals surface area contributed by atoms with E-state index in [2.05, 4.69) is 17.6 Å². The molecular formula is C13H12N2OS. The van der Waals surface area contributed by atoms with Crippen molar-refractivity contribution in [3.8, 4) is 0 Å². The Balaban J connectivity index is 2.14. The number of amides is 1. The number of rotatable bonds is 1. The van der Waals surface area contributed by atoms with Crippen molar-refractivity contribution in [3.05, 3.63) is 36.5 Å². The van der Waals surface area contributed by atoms with Crippen molar-refractivity contribution in [1.29, 1.82) is 0 Å². The Morgan fingerprint density at radius 2 is 2.12 bits per heavy atom. The molecule has 1 amide bonds. The molecule has 0 radical (unpaired) electrons. The Morgan fingerprint density at radius 3 is 2.88 bits per heavy atom. The second-order valence-corrected chi connectivity index (χ2v) is 4.95. The van der Waals surface area contributed by atoms with Crippen molar-refractivity contribution in [2.24, 2.45) is 0 Å². The van der Waals surface area contributed by atoms with Gasteiger partial charge in [0.05, 0.1) is 0 Å². The standard InChI is InChI=1S/C13H12N2OS/c16-12-7-10(17)8-15(12)13-11-4-2-1-3-9(11)5-6-14-13/h1-6,10,17H,7-8H2. The molecule has 1 saturated heterocycles. The summed E-state index contributed by atoms with van der Waals surface area (Å²) in [6, 6.07) is 9.93. The lowest BCUT2D eigenvalue weighted by atomic mass is 10.1. The van der Waals surface area contributed by atoms with Crippen molar-refractivity contribution in [3.63, 3.8) is 0 Å². The van der Waals surface area contributed by atoms with E-state index in [0.717, 1.165) is 16.6 Å². The SMILES string of the molecule is O=C1CC(S)CN1c1nccc2ccccc12. The maximum atomic E-state index is 11.9. The van der Waals surface area contributed by atoms with E-state index in [9.17, 15) is 4.79 Å². The van der Waals surface area contributed by atoms with Gasteiger partial charge in [-0.25, -0.2) is 4.98 Å². The van der Waals surface area contributed by atoms with Gasteiger partial charge in [0.25, 0.3) is 0 Å². The minimum Gasteiger partial charge on any atom is -0.295 e. The van der Waals surface area contributed by atoms with E-state index in [1.54, 1.807) is 11.1 Å². The summed E-state index contributed by atoms with van der Waals surface area (Å²) in [6.07, 6.45) is 2.24. The van der Waals surface area contributed by atoms with Gasteiger partial charge in [0, 0.05) is 29.8 Å². The molecule has 86 valence electrons. The van der Waals surface area contributed by atoms with Gasteiger partial charge in [0.2, 0.25) is 5.91 Å². The molecule has 2 aromatic rings. The van der Waals surface area contributed by atoms with Crippen molar-refractivity contribution in [2.45, 2.75) is 11.7 Å². The number of pyridine rings is 1. The summed E-state index contributed by atoms with van der Waals surface area (Å²) in [4.78, 5) is 17.9. The molecule has 0 spiro atoms. The number of fused-ring (bicyclic) bond motifs is 1. The summed E-state index contributed by atoms with van der Waals surface area (Å²) in [7, 11) is 0. The number of thiol groups is 1. The molecule has 0 bridgehead atoms. The van der Waals surface area contributed by atoms with Gasteiger partial charge in [-0.1, -0.05) is 24.3 Å². The fourth-order valence-electron chi connectivity index (χ4n) is 2.21. The van der Waals surface area contributed by atoms with Crippen LogP contribution in [0.5, 0.6) is 0 Å². The minimum absolute atomic E-state index is 0.105. The van der Waals surface area contributed by atoms with Crippen LogP contribution in [0.3, 0.4) is 0 Å². The van der Waals surface area contributed by atoms with Crippen LogP contribution in [0, 0.1) is 0 Å². The van der Waals surface area contributed by atoms with Crippen molar-refractivity contribution < 1.29 is 4.79 Å². The number of carbonyl (C=O) groups is 1. The number of anilines is 1. The normalized spacial score (nSPS) is 20.2. The molecule has 17 heavy (non-hydrogen) atoms. The third-order valence-corrected chi connectivity index (χ3v) is 3.36. The summed E-state index contributed by atoms with van der Waals surface area (Å²) in [5, 5.41) is 2.24. The summed E-state index contributed by atoms with van der Waals surface area (Å²) >= 11 is 4.37. The fourth-order valence-corrected chi connectivity index (χ4v) is 2.53. The first kappa shape index (κ1) is 10.6. The van der Waals surface area contributed by atoms with E-state index >= 15 is 0 Å². The number of carbonyl (C=O) groups excluding carboxylic acids is 1. The van der Waals surface area contributed by atoms with Crippen LogP contribution in [0.15, 0.2) is 36.5 Å². The third kappa shape index (κ3) is 1.78. The molecule has 2 heterocycles. The highest BCUT2D eigenvalue weighted by Gasteiger charge is 2.29. The first-order chi connectivity index (χ1) is 8.25. The van der Waals surface area contributed by atoms with Crippen LogP contribution in [0.25, 0.3) is 10.8 Å². The van der Waals surface area contributed by atoms with Crippen molar-refractivity contribution in [2.75, 3.05) is 11.4 Å². The highest BCUT2D eigenvalue weighted by molar-refractivity contribution is 7.81. The predicted molar refractivity (Wildman–Crippen MR) is 71.5 cm³/mol. The first-order valence-electron chi connectivity index (χ1n) is 5.58. The van der Waals surface area contributed by atoms with Gasteiger partial charge >= 0.3 is 0 Å². The molecule has 1 fully saturated rings. The predicted octanol–water partition coefficient (Wildman–Crippen LogP) is 2.27. The lowest BCUT2D eigenvalue weighted by Crippen LogP contribution is -2.25. The smallest absolute Gasteiger partial charge is 0.229 e. The van der Waals surface area contributed by atoms with Crippen LogP contribution >= 0.6 is 12.6 Å². The van der Waals surface area contributed by atoms with E-state index in [1.807, 2.05) is 30.3 Å². The van der Waals surface area contributed by atoms with E-state index in [1.165, 1.54) is 0 Å². The van der Waals surface area contributed by atoms with Gasteiger partial charge in [-0.15, -0.1) is 0 Å². The average molecular weight is 244 g/mol. The highest BCUT2D eigenvalue weighted by Crippen LogP contribution is 2.28. The molecular weight excluding hydrogens is 232 g/mol. The second-order valence-electron chi connectivity index (χ2n) is 4.22. The molecule has 1 aromatic carbocycles. The first-order valence-corrected chi connectivity index (χ1v) is 6.09. The fraction of sp³-hybridized carbons (Fsp3) is 0.231. The number of hydrogen-bond acceptors (Lipinski definition) is 3. The van der Waals surface area contributed by atoms with Crippen LogP contribution in [0.2, 0.25) is 0 Å². The Labute approximate surface area is 105 Å². The summed E-state index contributed by atoms with van der Waals surface area (Å²) < 4.78 is 0. The summed E-state index contributed by atoms with van der Waals surface area (Å²) in [5.41, 5.74) is 0. The lowest BCUT2D eigenvalue weighted by molar-refractivity contribution is -0.117. The molecule has 0 N–H and O–H groups in total. The molecule has 0 aliphatic carbocycles. The number of benzene rings is 1. The number of aromatic nitrogens is 1. The maximum absolute atomic E-state index is 11.9. The second kappa shape index (κ2) is 4.04. The molecule has 1 aliphatic heterocycles. The van der Waals surface area contributed by atoms with E-state index < -0.39 is 0 Å². The Hall–Kier alpha value is -1.55. The van der Waals surface area contributed by atoms with Crippen LogP contribution in [-0.2, 0) is 4.79 Å². The summed E-state index contributed by atoms with van der Waals surface area (Å²) in [6.45, 7) is 0.642. The number of hydrogen-bond donors (Lipinski definition) is 1. The van der Waals surface area contributed by atoms with E-state index in [-0.39, 0.29) is 11.2 Å². The zero-order valence-electron chi connectivity index (χ0n) is 9.21. The largest absolute Gasteiger partial charge is 0.295 e. The monoisotopic (exact) mass is 244 g/mol. The average Bonchev–Trinajstić information content (AvgIpc) is 2.68. The van der Waals surface area contributed by atoms with E-state index in [0.29, 0.717) is 13.0 Å². The van der Waals surface area contributed by atoms with Crippen LogP contribution in [0.1, 0.15) is 6.42 Å². The molecule has 4 heteroatoms. The van der Waals surface area contributed by atoms with Crippen LogP contribution < -0.4 is 4.90 Å². The van der Waals surface area contributed by atoms with Crippen LogP contribution in [0.4, 0.5) is 5.82 Å². The highest BCUT2D eigenvalue weighted by atomic mass is 32.1. The van der Waals surface area contributed by atoms with Crippen LogP contribution in [-0.4, -0.2) is 22.7 Å². The number of nitrogens with zero attached hydrogens (tertiary/aromatic N) is 2. The molecule has 1 aromatic heterocycles. The minimum atomic E-state index is 0.105. The Morgan fingerprint density at radius 1 is 1.29 bits per heavy atom. The summed E-state index contributed by atoms with van der Waals surface area (Å²) in [5.74, 6) is 0.860. The molecule has 1 aliphatic rings. The Bertz CT molecular complexity index is 579. The van der Waals surface area contributed by atoms with Gasteiger partial charge in [-0.3, -0.25) is 9.69 Å². The van der Waals surface area contributed by atoms with Crippen molar-refractivity contribution >= 4 is 35.1 Å². The van der Waals surface area contributed by atoms with Gasteiger partial charge in [-0.2, -0.15) is 12.6 Å². The molecule has 0 saturated carbocycles. The van der Waals surface area contributed by atoms with Gasteiger partial charge < -0.3 is 0 Å². The topological polar surface area (TPSA) is 33.2 Å².